The van der Waals surface area contributed by atoms with Crippen LogP contribution in [0.15, 0.2) is 36.7 Å². The summed E-state index contributed by atoms with van der Waals surface area (Å²) in [5.74, 6) is 0. The van der Waals surface area contributed by atoms with Gasteiger partial charge < -0.3 is 0 Å². The first-order chi connectivity index (χ1) is 7.38. The molecule has 0 saturated carbocycles. The zero-order valence-corrected chi connectivity index (χ0v) is 9.13. The Kier molecular flexibility index (Phi) is 4.11. The summed E-state index contributed by atoms with van der Waals surface area (Å²) in [5, 5.41) is 0. The normalized spacial score (nSPS) is 10.8. The molecule has 0 radical (unpaired) electrons. The highest BCUT2D eigenvalue weighted by Crippen LogP contribution is 2.02. The molecule has 2 rings (SSSR count). The Balaban J connectivity index is 0.000000221. The standard InChI is InChI=1S/C9H9N2.ClHO4/c1-11-7-6-10-8-4-2-3-5-9(8)11;2-1(3,4)5/h2-7H,1H3;(H,2,3,4,5)/q+1;/p-1. The van der Waals surface area contributed by atoms with Crippen LogP contribution in [0.1, 0.15) is 0 Å². The van der Waals surface area contributed by atoms with E-state index in [-0.39, 0.29) is 0 Å². The van der Waals surface area contributed by atoms with Crippen LogP contribution in [0.3, 0.4) is 0 Å². The van der Waals surface area contributed by atoms with Gasteiger partial charge in [-0.2, -0.15) is 4.57 Å². The Labute approximate surface area is 93.8 Å². The van der Waals surface area contributed by atoms with Crippen molar-refractivity contribution in [2.45, 2.75) is 0 Å². The Morgan fingerprint density at radius 3 is 2.25 bits per heavy atom. The van der Waals surface area contributed by atoms with Gasteiger partial charge in [-0.05, 0) is 6.07 Å². The second-order valence-corrected chi connectivity index (χ2v) is 3.66. The van der Waals surface area contributed by atoms with Gasteiger partial charge in [-0.25, -0.2) is 23.6 Å². The summed E-state index contributed by atoms with van der Waals surface area (Å²) in [6.07, 6.45) is 3.75. The van der Waals surface area contributed by atoms with E-state index in [9.17, 15) is 0 Å². The van der Waals surface area contributed by atoms with Crippen molar-refractivity contribution in [1.29, 1.82) is 0 Å². The van der Waals surface area contributed by atoms with Gasteiger partial charge in [0.1, 0.15) is 12.6 Å². The molecule has 2 aromatic rings. The van der Waals surface area contributed by atoms with Crippen molar-refractivity contribution in [3.05, 3.63) is 36.7 Å². The minimum absolute atomic E-state index is 1.04. The minimum Gasteiger partial charge on any atom is -0.244 e. The van der Waals surface area contributed by atoms with Gasteiger partial charge in [0.2, 0.25) is 5.52 Å². The Morgan fingerprint density at radius 2 is 1.69 bits per heavy atom. The summed E-state index contributed by atoms with van der Waals surface area (Å²) >= 11 is 0. The summed E-state index contributed by atoms with van der Waals surface area (Å²) in [7, 11) is -2.93. The van der Waals surface area contributed by atoms with Crippen LogP contribution in [0.5, 0.6) is 0 Å². The molecule has 0 spiro atoms. The maximum atomic E-state index is 8.49. The molecule has 0 fully saturated rings. The van der Waals surface area contributed by atoms with Crippen LogP contribution in [0.4, 0.5) is 0 Å². The van der Waals surface area contributed by atoms with Crippen molar-refractivity contribution < 1.29 is 33.4 Å². The highest BCUT2D eigenvalue weighted by Gasteiger charge is 2.00. The van der Waals surface area contributed by atoms with Gasteiger partial charge in [-0.1, -0.05) is 12.1 Å². The molecule has 1 heterocycles. The summed E-state index contributed by atoms with van der Waals surface area (Å²) in [6.45, 7) is 0. The van der Waals surface area contributed by atoms with Gasteiger partial charge in [0, 0.05) is 6.07 Å². The molecule has 86 valence electrons. The average molecular weight is 245 g/mol. The van der Waals surface area contributed by atoms with E-state index in [1.165, 1.54) is 0 Å². The van der Waals surface area contributed by atoms with Crippen molar-refractivity contribution in [3.8, 4) is 0 Å². The number of halogens is 1. The molecule has 7 heteroatoms. The number of fused-ring (bicyclic) bond motifs is 1. The first-order valence-corrected chi connectivity index (χ1v) is 5.42. The molecule has 6 nitrogen and oxygen atoms in total. The Bertz CT molecular complexity index is 461. The zero-order chi connectivity index (χ0) is 12.2. The number of aryl methyl sites for hydroxylation is 1. The summed E-state index contributed by atoms with van der Waals surface area (Å²) < 4.78 is 36.0. The van der Waals surface area contributed by atoms with Crippen LogP contribution >= 0.6 is 0 Å². The lowest BCUT2D eigenvalue weighted by Gasteiger charge is -2.17. The van der Waals surface area contributed by atoms with Crippen LogP contribution in [0, 0.1) is 10.2 Å². The number of nitrogens with zero attached hydrogens (tertiary/aromatic N) is 2. The van der Waals surface area contributed by atoms with Crippen molar-refractivity contribution in [1.82, 2.24) is 4.98 Å². The van der Waals surface area contributed by atoms with Gasteiger partial charge in [-0.3, -0.25) is 0 Å². The van der Waals surface area contributed by atoms with Crippen molar-refractivity contribution in [3.63, 3.8) is 0 Å². The first kappa shape index (κ1) is 12.8. The third-order valence-electron chi connectivity index (χ3n) is 1.77. The topological polar surface area (TPSA) is 109 Å². The number of rotatable bonds is 0. The second-order valence-electron chi connectivity index (χ2n) is 2.90. The predicted octanol–water partition coefficient (Wildman–Crippen LogP) is -3.70. The third kappa shape index (κ3) is 4.47. The van der Waals surface area contributed by atoms with E-state index in [0.717, 1.165) is 11.0 Å². The fourth-order valence-corrected chi connectivity index (χ4v) is 1.17. The van der Waals surface area contributed by atoms with E-state index in [0.29, 0.717) is 0 Å². The minimum atomic E-state index is -4.94. The lowest BCUT2D eigenvalue weighted by atomic mass is 10.3. The van der Waals surface area contributed by atoms with Crippen molar-refractivity contribution >= 4 is 11.0 Å². The van der Waals surface area contributed by atoms with Gasteiger partial charge in [-0.15, -0.1) is 10.2 Å². The highest BCUT2D eigenvalue weighted by atomic mass is 35.7. The molecular weight excluding hydrogens is 236 g/mol. The second kappa shape index (κ2) is 5.15. The lowest BCUT2D eigenvalue weighted by Crippen LogP contribution is -2.68. The van der Waals surface area contributed by atoms with E-state index in [4.69, 9.17) is 18.6 Å². The lowest BCUT2D eigenvalue weighted by molar-refractivity contribution is -2.00. The van der Waals surface area contributed by atoms with Gasteiger partial charge in [0.25, 0.3) is 0 Å². The SMILES string of the molecule is C[n+]1ccnc2ccccc21.[O-][Cl+3]([O-])([O-])[O-]. The van der Waals surface area contributed by atoms with Crippen LogP contribution < -0.4 is 23.2 Å². The quantitative estimate of drug-likeness (QED) is 0.443. The summed E-state index contributed by atoms with van der Waals surface area (Å²) in [5.41, 5.74) is 2.20. The maximum Gasteiger partial charge on any atom is 0.230 e. The molecule has 0 aliphatic carbocycles. The molecule has 0 bridgehead atoms. The molecule has 0 unspecified atom stereocenters. The van der Waals surface area contributed by atoms with Crippen molar-refractivity contribution in [2.75, 3.05) is 0 Å². The third-order valence-corrected chi connectivity index (χ3v) is 1.77. The number of para-hydroxylation sites is 2. The fourth-order valence-electron chi connectivity index (χ4n) is 1.17. The van der Waals surface area contributed by atoms with Crippen molar-refractivity contribution in [2.24, 2.45) is 7.05 Å². The molecule has 1 aromatic heterocycles. The number of aromatic nitrogens is 2. The van der Waals surface area contributed by atoms with Crippen LogP contribution in [-0.4, -0.2) is 4.98 Å². The molecule has 0 aliphatic heterocycles. The van der Waals surface area contributed by atoms with E-state index in [1.54, 1.807) is 0 Å². The molecule has 0 saturated heterocycles. The molecule has 0 atom stereocenters. The molecule has 0 aliphatic rings. The highest BCUT2D eigenvalue weighted by molar-refractivity contribution is 5.69. The predicted molar refractivity (Wildman–Crippen MR) is 42.9 cm³/mol. The zero-order valence-electron chi connectivity index (χ0n) is 8.37. The molecule has 0 amide bonds. The first-order valence-electron chi connectivity index (χ1n) is 4.19. The molecule has 16 heavy (non-hydrogen) atoms. The van der Waals surface area contributed by atoms with Gasteiger partial charge in [0.05, 0.1) is 6.20 Å². The maximum absolute atomic E-state index is 8.49. The van der Waals surface area contributed by atoms with Crippen LogP contribution in [-0.2, 0) is 7.05 Å². The molecule has 1 aromatic carbocycles. The number of benzene rings is 1. The number of hydrogen-bond donors (Lipinski definition) is 0. The fraction of sp³-hybridized carbons (Fsp3) is 0.111. The van der Waals surface area contributed by atoms with Gasteiger partial charge in [0.15, 0.2) is 6.20 Å². The monoisotopic (exact) mass is 244 g/mol. The summed E-state index contributed by atoms with van der Waals surface area (Å²) in [6, 6.07) is 8.08. The average Bonchev–Trinajstić information content (AvgIpc) is 2.16. The van der Waals surface area contributed by atoms with E-state index in [1.807, 2.05) is 37.6 Å². The number of hydrogen-bond acceptors (Lipinski definition) is 5. The summed E-state index contributed by atoms with van der Waals surface area (Å²) in [4.78, 5) is 4.22. The molecular formula is C9H9ClN2O4. The van der Waals surface area contributed by atoms with Crippen LogP contribution in [0.25, 0.3) is 11.0 Å². The van der Waals surface area contributed by atoms with Gasteiger partial charge >= 0.3 is 0 Å². The molecule has 0 N–H and O–H groups in total. The Morgan fingerprint density at radius 1 is 1.12 bits per heavy atom. The largest absolute Gasteiger partial charge is 0.244 e. The van der Waals surface area contributed by atoms with E-state index in [2.05, 4.69) is 15.6 Å². The van der Waals surface area contributed by atoms with E-state index < -0.39 is 10.2 Å². The van der Waals surface area contributed by atoms with Crippen LogP contribution in [0.2, 0.25) is 0 Å². The Hall–Kier alpha value is -1.31. The smallest absolute Gasteiger partial charge is 0.230 e. The van der Waals surface area contributed by atoms with E-state index >= 15 is 0 Å².